The fourth-order valence-electron chi connectivity index (χ4n) is 1.87. The van der Waals surface area contributed by atoms with Crippen molar-refractivity contribution < 1.29 is 18.7 Å². The number of carbonyl (C=O) groups is 2. The molecule has 0 atom stereocenters. The Bertz CT molecular complexity index is 658. The SMILES string of the molecule is NC(=O)OCCNC(=O)c1ccc(F)c2ccccc12. The molecule has 0 saturated carbocycles. The molecule has 2 rings (SSSR count). The largest absolute Gasteiger partial charge is 0.448 e. The highest BCUT2D eigenvalue weighted by Crippen LogP contribution is 2.21. The van der Waals surface area contributed by atoms with Crippen molar-refractivity contribution in [1.29, 1.82) is 0 Å². The van der Waals surface area contributed by atoms with Crippen LogP contribution in [0.3, 0.4) is 0 Å². The van der Waals surface area contributed by atoms with Crippen molar-refractivity contribution in [3.8, 4) is 0 Å². The van der Waals surface area contributed by atoms with Crippen LogP contribution in [0, 0.1) is 5.82 Å². The Kier molecular flexibility index (Phi) is 4.14. The lowest BCUT2D eigenvalue weighted by Gasteiger charge is -2.08. The fraction of sp³-hybridized carbons (Fsp3) is 0.143. The summed E-state index contributed by atoms with van der Waals surface area (Å²) in [6.45, 7) is 0.119. The summed E-state index contributed by atoms with van der Waals surface area (Å²) in [5.74, 6) is -0.747. The summed E-state index contributed by atoms with van der Waals surface area (Å²) in [4.78, 5) is 22.4. The van der Waals surface area contributed by atoms with Crippen LogP contribution in [0.1, 0.15) is 10.4 Å². The van der Waals surface area contributed by atoms with Gasteiger partial charge in [-0.2, -0.15) is 0 Å². The molecule has 6 heteroatoms. The third-order valence-electron chi connectivity index (χ3n) is 2.75. The molecule has 20 heavy (non-hydrogen) atoms. The lowest BCUT2D eigenvalue weighted by Crippen LogP contribution is -2.29. The molecular formula is C14H13FN2O3. The second-order valence-corrected chi connectivity index (χ2v) is 4.06. The second-order valence-electron chi connectivity index (χ2n) is 4.06. The van der Waals surface area contributed by atoms with Crippen LogP contribution in [0.4, 0.5) is 9.18 Å². The van der Waals surface area contributed by atoms with Gasteiger partial charge in [0.25, 0.3) is 5.91 Å². The Morgan fingerprint density at radius 1 is 1.15 bits per heavy atom. The van der Waals surface area contributed by atoms with E-state index in [0.29, 0.717) is 16.3 Å². The monoisotopic (exact) mass is 276 g/mol. The maximum atomic E-state index is 13.6. The Morgan fingerprint density at radius 3 is 2.55 bits per heavy atom. The number of benzene rings is 2. The average Bonchev–Trinajstić information content (AvgIpc) is 2.44. The van der Waals surface area contributed by atoms with Crippen molar-refractivity contribution in [2.75, 3.05) is 13.2 Å². The van der Waals surface area contributed by atoms with E-state index in [0.717, 1.165) is 0 Å². The van der Waals surface area contributed by atoms with Gasteiger partial charge in [0.05, 0.1) is 6.54 Å². The maximum Gasteiger partial charge on any atom is 0.404 e. The van der Waals surface area contributed by atoms with Gasteiger partial charge in [0.15, 0.2) is 0 Å². The summed E-state index contributed by atoms with van der Waals surface area (Å²) in [6, 6.07) is 9.38. The summed E-state index contributed by atoms with van der Waals surface area (Å²) in [5.41, 5.74) is 5.16. The Labute approximate surface area is 114 Å². The number of hydrogen-bond donors (Lipinski definition) is 2. The zero-order valence-corrected chi connectivity index (χ0v) is 10.6. The molecule has 0 saturated heterocycles. The second kappa shape index (κ2) is 6.01. The lowest BCUT2D eigenvalue weighted by atomic mass is 10.0. The van der Waals surface area contributed by atoms with Crippen LogP contribution in [0.15, 0.2) is 36.4 Å². The third-order valence-corrected chi connectivity index (χ3v) is 2.75. The molecule has 0 fully saturated rings. The van der Waals surface area contributed by atoms with E-state index in [-0.39, 0.29) is 24.9 Å². The number of carbonyl (C=O) groups excluding carboxylic acids is 2. The van der Waals surface area contributed by atoms with E-state index in [2.05, 4.69) is 10.1 Å². The number of nitrogens with two attached hydrogens (primary N) is 1. The molecule has 0 unspecified atom stereocenters. The lowest BCUT2D eigenvalue weighted by molar-refractivity contribution is 0.0938. The first-order valence-electron chi connectivity index (χ1n) is 5.97. The van der Waals surface area contributed by atoms with Gasteiger partial charge in [0.2, 0.25) is 0 Å². The van der Waals surface area contributed by atoms with Crippen molar-refractivity contribution >= 4 is 22.8 Å². The molecule has 0 aliphatic heterocycles. The standard InChI is InChI=1S/C14H13FN2O3/c15-12-6-5-11(9-3-1-2-4-10(9)12)13(18)17-7-8-20-14(16)19/h1-6H,7-8H2,(H2,16,19)(H,17,18). The average molecular weight is 276 g/mol. The van der Waals surface area contributed by atoms with E-state index in [1.807, 2.05) is 0 Å². The van der Waals surface area contributed by atoms with Crippen molar-refractivity contribution in [3.05, 3.63) is 47.8 Å². The number of hydrogen-bond acceptors (Lipinski definition) is 3. The zero-order chi connectivity index (χ0) is 14.5. The van der Waals surface area contributed by atoms with Gasteiger partial charge in [0, 0.05) is 10.9 Å². The van der Waals surface area contributed by atoms with Crippen LogP contribution < -0.4 is 11.1 Å². The van der Waals surface area contributed by atoms with E-state index in [4.69, 9.17) is 5.73 Å². The van der Waals surface area contributed by atoms with Gasteiger partial charge < -0.3 is 15.8 Å². The van der Waals surface area contributed by atoms with E-state index in [1.54, 1.807) is 24.3 Å². The summed E-state index contributed by atoms with van der Waals surface area (Å²) in [7, 11) is 0. The Hall–Kier alpha value is -2.63. The Balaban J connectivity index is 2.14. The van der Waals surface area contributed by atoms with Crippen LogP contribution >= 0.6 is 0 Å². The van der Waals surface area contributed by atoms with Gasteiger partial charge >= 0.3 is 6.09 Å². The van der Waals surface area contributed by atoms with Gasteiger partial charge in [-0.3, -0.25) is 4.79 Å². The minimum Gasteiger partial charge on any atom is -0.448 e. The van der Waals surface area contributed by atoms with Crippen molar-refractivity contribution in [2.45, 2.75) is 0 Å². The highest BCUT2D eigenvalue weighted by Gasteiger charge is 2.11. The van der Waals surface area contributed by atoms with Crippen LogP contribution in [0.5, 0.6) is 0 Å². The Morgan fingerprint density at radius 2 is 1.85 bits per heavy atom. The number of halogens is 1. The predicted molar refractivity (Wildman–Crippen MR) is 71.8 cm³/mol. The zero-order valence-electron chi connectivity index (χ0n) is 10.6. The van der Waals surface area contributed by atoms with Gasteiger partial charge in [-0.1, -0.05) is 24.3 Å². The summed E-state index contributed by atoms with van der Waals surface area (Å²) in [6.07, 6.45) is -0.897. The molecule has 0 bridgehead atoms. The third kappa shape index (κ3) is 3.03. The van der Waals surface area contributed by atoms with Gasteiger partial charge in [-0.05, 0) is 17.5 Å². The summed E-state index contributed by atoms with van der Waals surface area (Å²) in [5, 5.41) is 3.48. The van der Waals surface area contributed by atoms with Crippen LogP contribution in [-0.4, -0.2) is 25.2 Å². The first kappa shape index (κ1) is 13.8. The molecular weight excluding hydrogens is 263 g/mol. The molecule has 3 N–H and O–H groups in total. The van der Waals surface area contributed by atoms with Crippen LogP contribution in [0.2, 0.25) is 0 Å². The molecule has 5 nitrogen and oxygen atoms in total. The van der Waals surface area contributed by atoms with Crippen LogP contribution in [-0.2, 0) is 4.74 Å². The normalized spacial score (nSPS) is 10.2. The fourth-order valence-corrected chi connectivity index (χ4v) is 1.87. The minimum absolute atomic E-state index is 0.0137. The van der Waals surface area contributed by atoms with E-state index in [1.165, 1.54) is 12.1 Å². The number of nitrogens with one attached hydrogen (secondary N) is 1. The highest BCUT2D eigenvalue weighted by atomic mass is 19.1. The van der Waals surface area contributed by atoms with Crippen molar-refractivity contribution in [3.63, 3.8) is 0 Å². The molecule has 2 amide bonds. The predicted octanol–water partition coefficient (Wildman–Crippen LogP) is 1.80. The van der Waals surface area contributed by atoms with Gasteiger partial charge in [-0.15, -0.1) is 0 Å². The molecule has 0 aliphatic carbocycles. The summed E-state index contributed by atoms with van der Waals surface area (Å²) < 4.78 is 18.1. The number of amides is 2. The molecule has 0 radical (unpaired) electrons. The molecule has 104 valence electrons. The molecule has 0 aromatic heterocycles. The molecule has 2 aromatic rings. The molecule has 2 aromatic carbocycles. The van der Waals surface area contributed by atoms with E-state index < -0.39 is 6.09 Å². The quantitative estimate of drug-likeness (QED) is 0.835. The number of fused-ring (bicyclic) bond motifs is 1. The van der Waals surface area contributed by atoms with Crippen molar-refractivity contribution in [1.82, 2.24) is 5.32 Å². The molecule has 0 aliphatic rings. The molecule has 0 heterocycles. The first-order valence-corrected chi connectivity index (χ1v) is 5.97. The first-order chi connectivity index (χ1) is 9.59. The highest BCUT2D eigenvalue weighted by molar-refractivity contribution is 6.07. The number of rotatable bonds is 4. The van der Waals surface area contributed by atoms with Gasteiger partial charge in [0.1, 0.15) is 12.4 Å². The van der Waals surface area contributed by atoms with Crippen molar-refractivity contribution in [2.24, 2.45) is 5.73 Å². The number of primary amides is 1. The topological polar surface area (TPSA) is 81.4 Å². The van der Waals surface area contributed by atoms with Crippen LogP contribution in [0.25, 0.3) is 10.8 Å². The number of ether oxygens (including phenoxy) is 1. The van der Waals surface area contributed by atoms with E-state index in [9.17, 15) is 14.0 Å². The minimum atomic E-state index is -0.897. The maximum absolute atomic E-state index is 13.6. The summed E-state index contributed by atoms with van der Waals surface area (Å²) >= 11 is 0. The smallest absolute Gasteiger partial charge is 0.404 e. The van der Waals surface area contributed by atoms with E-state index >= 15 is 0 Å². The van der Waals surface area contributed by atoms with Gasteiger partial charge in [-0.25, -0.2) is 9.18 Å². The molecule has 0 spiro atoms.